The zero-order valence-corrected chi connectivity index (χ0v) is 14.1. The van der Waals surface area contributed by atoms with Crippen LogP contribution in [-0.2, 0) is 0 Å². The van der Waals surface area contributed by atoms with Crippen molar-refractivity contribution in [2.45, 2.75) is 6.92 Å². The third-order valence-electron chi connectivity index (χ3n) is 3.66. The van der Waals surface area contributed by atoms with E-state index in [9.17, 15) is 14.4 Å². The summed E-state index contributed by atoms with van der Waals surface area (Å²) in [5.74, 6) is -3.16. The van der Waals surface area contributed by atoms with Crippen LogP contribution in [0.5, 0.6) is 0 Å². The lowest BCUT2D eigenvalue weighted by atomic mass is 10.1. The number of nitrogens with one attached hydrogen (secondary N) is 1. The van der Waals surface area contributed by atoms with Crippen LogP contribution in [0, 0.1) is 6.92 Å². The summed E-state index contributed by atoms with van der Waals surface area (Å²) in [7, 11) is 0. The molecule has 0 aliphatic rings. The van der Waals surface area contributed by atoms with Gasteiger partial charge >= 0.3 is 11.9 Å². The summed E-state index contributed by atoms with van der Waals surface area (Å²) in [6.45, 7) is 1.65. The monoisotopic (exact) mass is 373 g/mol. The molecular formula is C17H12ClN3O5. The lowest BCUT2D eigenvalue weighted by Gasteiger charge is -2.08. The van der Waals surface area contributed by atoms with E-state index in [0.29, 0.717) is 16.4 Å². The minimum absolute atomic E-state index is 0.0515. The molecule has 1 aromatic carbocycles. The number of fused-ring (bicyclic) bond motifs is 1. The number of pyridine rings is 1. The number of rotatable bonds is 4. The highest BCUT2D eigenvalue weighted by Gasteiger charge is 2.19. The molecule has 3 aromatic rings. The van der Waals surface area contributed by atoms with E-state index in [2.05, 4.69) is 10.3 Å². The summed E-state index contributed by atoms with van der Waals surface area (Å²) in [4.78, 5) is 39.3. The Morgan fingerprint density at radius 1 is 1.08 bits per heavy atom. The largest absolute Gasteiger partial charge is 0.478 e. The number of hydrogen-bond donors (Lipinski definition) is 3. The number of carbonyl (C=O) groups is 3. The van der Waals surface area contributed by atoms with Crippen LogP contribution in [0.25, 0.3) is 5.65 Å². The second kappa shape index (κ2) is 6.49. The normalized spacial score (nSPS) is 10.7. The van der Waals surface area contributed by atoms with Gasteiger partial charge in [-0.1, -0.05) is 11.6 Å². The summed E-state index contributed by atoms with van der Waals surface area (Å²) in [6.07, 6.45) is 1.59. The van der Waals surface area contributed by atoms with Crippen LogP contribution in [0.15, 0.2) is 36.5 Å². The Kier molecular flexibility index (Phi) is 4.35. The molecule has 0 radical (unpaired) electrons. The maximum atomic E-state index is 12.7. The molecule has 3 rings (SSSR count). The number of carboxylic acid groups (broad SMARTS) is 2. The highest BCUT2D eigenvalue weighted by molar-refractivity contribution is 6.30. The molecule has 0 fully saturated rings. The van der Waals surface area contributed by atoms with Gasteiger partial charge in [-0.15, -0.1) is 0 Å². The lowest BCUT2D eigenvalue weighted by molar-refractivity contribution is 0.0696. The number of anilines is 1. The van der Waals surface area contributed by atoms with E-state index < -0.39 is 17.8 Å². The van der Waals surface area contributed by atoms with Crippen LogP contribution in [-0.4, -0.2) is 37.4 Å². The number of nitrogens with zero attached hydrogens (tertiary/aromatic N) is 2. The molecule has 0 aliphatic carbocycles. The van der Waals surface area contributed by atoms with Gasteiger partial charge in [-0.3, -0.25) is 9.20 Å². The SMILES string of the molecule is Cc1nc2cc(Cl)ccn2c1C(=O)Nc1cc(C(=O)O)cc(C(=O)O)c1. The molecule has 8 nitrogen and oxygen atoms in total. The van der Waals surface area contributed by atoms with Crippen LogP contribution in [0.2, 0.25) is 5.02 Å². The number of aromatic nitrogens is 2. The van der Waals surface area contributed by atoms with Gasteiger partial charge in [0.25, 0.3) is 5.91 Å². The number of aromatic carboxylic acids is 2. The molecule has 0 aliphatic heterocycles. The van der Waals surface area contributed by atoms with Crippen molar-refractivity contribution in [2.24, 2.45) is 0 Å². The molecule has 0 saturated heterocycles. The second-order valence-corrected chi connectivity index (χ2v) is 5.92. The highest BCUT2D eigenvalue weighted by Crippen LogP contribution is 2.20. The molecule has 26 heavy (non-hydrogen) atoms. The molecule has 0 spiro atoms. The first-order valence-corrected chi connectivity index (χ1v) is 7.71. The van der Waals surface area contributed by atoms with Gasteiger partial charge in [0.15, 0.2) is 0 Å². The van der Waals surface area contributed by atoms with Crippen molar-refractivity contribution >= 4 is 40.8 Å². The maximum Gasteiger partial charge on any atom is 0.335 e. The van der Waals surface area contributed by atoms with Gasteiger partial charge in [0, 0.05) is 23.0 Å². The van der Waals surface area contributed by atoms with Crippen molar-refractivity contribution in [3.8, 4) is 0 Å². The maximum absolute atomic E-state index is 12.7. The third kappa shape index (κ3) is 3.22. The smallest absolute Gasteiger partial charge is 0.335 e. The zero-order chi connectivity index (χ0) is 19.0. The minimum Gasteiger partial charge on any atom is -0.478 e. The number of halogens is 1. The third-order valence-corrected chi connectivity index (χ3v) is 3.90. The van der Waals surface area contributed by atoms with Crippen molar-refractivity contribution in [2.75, 3.05) is 5.32 Å². The number of imidazole rings is 1. The predicted octanol–water partition coefficient (Wildman–Crippen LogP) is 2.94. The standard InChI is InChI=1S/C17H12ClN3O5/c1-8-14(21-3-2-11(18)7-13(21)19-8)15(22)20-12-5-9(16(23)24)4-10(6-12)17(25)26/h2-7H,1H3,(H,20,22)(H,23,24)(H,25,26). The first-order valence-electron chi connectivity index (χ1n) is 7.33. The van der Waals surface area contributed by atoms with Gasteiger partial charge in [-0.05, 0) is 31.2 Å². The average Bonchev–Trinajstić information content (AvgIpc) is 2.89. The van der Waals surface area contributed by atoms with E-state index in [1.165, 1.54) is 16.5 Å². The average molecular weight is 374 g/mol. The Bertz CT molecular complexity index is 1040. The summed E-state index contributed by atoms with van der Waals surface area (Å²) < 4.78 is 1.54. The van der Waals surface area contributed by atoms with Gasteiger partial charge in [0.2, 0.25) is 0 Å². The molecule has 3 N–H and O–H groups in total. The Hall–Kier alpha value is -3.39. The van der Waals surface area contributed by atoms with Crippen molar-refractivity contribution in [1.29, 1.82) is 0 Å². The summed E-state index contributed by atoms with van der Waals surface area (Å²) in [6, 6.07) is 6.57. The molecule has 0 saturated carbocycles. The van der Waals surface area contributed by atoms with Gasteiger partial charge in [0.1, 0.15) is 11.3 Å². The quantitative estimate of drug-likeness (QED) is 0.646. The van der Waals surface area contributed by atoms with E-state index in [1.54, 1.807) is 25.3 Å². The number of carboxylic acids is 2. The Morgan fingerprint density at radius 3 is 2.27 bits per heavy atom. The molecule has 2 aromatic heterocycles. The van der Waals surface area contributed by atoms with E-state index in [-0.39, 0.29) is 22.5 Å². The first-order chi connectivity index (χ1) is 12.3. The van der Waals surface area contributed by atoms with E-state index in [4.69, 9.17) is 21.8 Å². The summed E-state index contributed by atoms with van der Waals surface area (Å²) >= 11 is 5.92. The molecular weight excluding hydrogens is 362 g/mol. The number of carbonyl (C=O) groups excluding carboxylic acids is 1. The summed E-state index contributed by atoms with van der Waals surface area (Å²) in [5.41, 5.74) is 0.705. The fourth-order valence-corrected chi connectivity index (χ4v) is 2.70. The number of amides is 1. The number of benzene rings is 1. The van der Waals surface area contributed by atoms with Gasteiger partial charge in [-0.2, -0.15) is 0 Å². The van der Waals surface area contributed by atoms with Crippen LogP contribution < -0.4 is 5.32 Å². The Balaban J connectivity index is 2.02. The summed E-state index contributed by atoms with van der Waals surface area (Å²) in [5, 5.41) is 21.2. The lowest BCUT2D eigenvalue weighted by Crippen LogP contribution is -2.16. The van der Waals surface area contributed by atoms with Gasteiger partial charge in [0.05, 0.1) is 16.8 Å². The van der Waals surface area contributed by atoms with Crippen LogP contribution >= 0.6 is 11.6 Å². The van der Waals surface area contributed by atoms with Gasteiger partial charge < -0.3 is 15.5 Å². The topological polar surface area (TPSA) is 121 Å². The van der Waals surface area contributed by atoms with Crippen LogP contribution in [0.4, 0.5) is 5.69 Å². The van der Waals surface area contributed by atoms with E-state index >= 15 is 0 Å². The van der Waals surface area contributed by atoms with E-state index in [1.807, 2.05) is 0 Å². The molecule has 0 atom stereocenters. The van der Waals surface area contributed by atoms with E-state index in [0.717, 1.165) is 6.07 Å². The fourth-order valence-electron chi connectivity index (χ4n) is 2.55. The zero-order valence-electron chi connectivity index (χ0n) is 13.4. The fraction of sp³-hybridized carbons (Fsp3) is 0.0588. The number of aryl methyl sites for hydroxylation is 1. The van der Waals surface area contributed by atoms with Crippen LogP contribution in [0.3, 0.4) is 0 Å². The minimum atomic E-state index is -1.30. The van der Waals surface area contributed by atoms with Crippen molar-refractivity contribution in [3.05, 3.63) is 64.1 Å². The number of hydrogen-bond acceptors (Lipinski definition) is 4. The van der Waals surface area contributed by atoms with Crippen LogP contribution in [0.1, 0.15) is 36.9 Å². The molecule has 9 heteroatoms. The molecule has 0 bridgehead atoms. The Morgan fingerprint density at radius 2 is 1.69 bits per heavy atom. The molecule has 2 heterocycles. The molecule has 132 valence electrons. The van der Waals surface area contributed by atoms with Crippen molar-refractivity contribution in [1.82, 2.24) is 9.38 Å². The first kappa shape index (κ1) is 17.4. The second-order valence-electron chi connectivity index (χ2n) is 5.48. The predicted molar refractivity (Wildman–Crippen MR) is 93.3 cm³/mol. The van der Waals surface area contributed by atoms with Crippen molar-refractivity contribution in [3.63, 3.8) is 0 Å². The molecule has 0 unspecified atom stereocenters. The highest BCUT2D eigenvalue weighted by atomic mass is 35.5. The Labute approximate surface area is 151 Å². The van der Waals surface area contributed by atoms with Crippen molar-refractivity contribution < 1.29 is 24.6 Å². The molecule has 1 amide bonds. The van der Waals surface area contributed by atoms with Gasteiger partial charge in [-0.25, -0.2) is 14.6 Å².